The number of ether oxygens (including phenoxy) is 2. The van der Waals surface area contributed by atoms with Gasteiger partial charge in [-0.05, 0) is 56.2 Å². The van der Waals surface area contributed by atoms with Gasteiger partial charge in [-0.2, -0.15) is 0 Å². The standard InChI is InChI=1S/C18H25BrO2/c1-13-9-15(11-19)10-14(2)17(13)20-12-16-5-8-18(21-16)6-3-4-7-18/h9-10,16H,3-8,11-12H2,1-2H3. The highest BCUT2D eigenvalue weighted by atomic mass is 79.9. The molecular weight excluding hydrogens is 328 g/mol. The fourth-order valence-corrected chi connectivity index (χ4v) is 4.24. The highest BCUT2D eigenvalue weighted by molar-refractivity contribution is 9.08. The molecule has 2 aliphatic rings. The normalized spacial score (nSPS) is 23.9. The number of hydrogen-bond acceptors (Lipinski definition) is 2. The lowest BCUT2D eigenvalue weighted by Crippen LogP contribution is -2.27. The molecule has 116 valence electrons. The Balaban J connectivity index is 1.61. The van der Waals surface area contributed by atoms with Gasteiger partial charge in [-0.3, -0.25) is 0 Å². The maximum Gasteiger partial charge on any atom is 0.125 e. The van der Waals surface area contributed by atoms with E-state index in [0.717, 1.165) is 17.5 Å². The quantitative estimate of drug-likeness (QED) is 0.704. The van der Waals surface area contributed by atoms with E-state index >= 15 is 0 Å². The zero-order valence-electron chi connectivity index (χ0n) is 13.1. The van der Waals surface area contributed by atoms with E-state index in [0.29, 0.717) is 6.61 Å². The third-order valence-corrected chi connectivity index (χ3v) is 5.59. The Bertz CT molecular complexity index is 483. The molecule has 0 bridgehead atoms. The lowest BCUT2D eigenvalue weighted by molar-refractivity contribution is -0.0510. The Hall–Kier alpha value is -0.540. The number of benzene rings is 1. The van der Waals surface area contributed by atoms with E-state index in [1.165, 1.54) is 48.8 Å². The van der Waals surface area contributed by atoms with Crippen molar-refractivity contribution in [1.29, 1.82) is 0 Å². The van der Waals surface area contributed by atoms with Crippen LogP contribution >= 0.6 is 15.9 Å². The van der Waals surface area contributed by atoms with Crippen molar-refractivity contribution in [3.05, 3.63) is 28.8 Å². The lowest BCUT2D eigenvalue weighted by atomic mass is 9.98. The van der Waals surface area contributed by atoms with Crippen molar-refractivity contribution in [3.8, 4) is 5.75 Å². The van der Waals surface area contributed by atoms with E-state index in [2.05, 4.69) is 41.9 Å². The zero-order chi connectivity index (χ0) is 14.9. The Kier molecular flexibility index (Phi) is 4.60. The molecule has 1 aliphatic heterocycles. The van der Waals surface area contributed by atoms with Crippen LogP contribution in [0.15, 0.2) is 12.1 Å². The molecule has 3 rings (SSSR count). The molecule has 1 aromatic rings. The molecule has 2 fully saturated rings. The highest BCUT2D eigenvalue weighted by Crippen LogP contribution is 2.43. The summed E-state index contributed by atoms with van der Waals surface area (Å²) in [6.07, 6.45) is 7.82. The first kappa shape index (κ1) is 15.4. The van der Waals surface area contributed by atoms with Gasteiger partial charge in [0.05, 0.1) is 11.7 Å². The molecule has 21 heavy (non-hydrogen) atoms. The third kappa shape index (κ3) is 3.29. The van der Waals surface area contributed by atoms with Crippen molar-refractivity contribution >= 4 is 15.9 Å². The Morgan fingerprint density at radius 2 is 1.86 bits per heavy atom. The largest absolute Gasteiger partial charge is 0.490 e. The minimum Gasteiger partial charge on any atom is -0.490 e. The number of hydrogen-bond donors (Lipinski definition) is 0. The van der Waals surface area contributed by atoms with Gasteiger partial charge in [0, 0.05) is 5.33 Å². The summed E-state index contributed by atoms with van der Waals surface area (Å²) in [7, 11) is 0. The molecule has 3 heteroatoms. The predicted octanol–water partition coefficient (Wildman–Crippen LogP) is 5.07. The van der Waals surface area contributed by atoms with Crippen molar-refractivity contribution in [1.82, 2.24) is 0 Å². The highest BCUT2D eigenvalue weighted by Gasteiger charge is 2.42. The predicted molar refractivity (Wildman–Crippen MR) is 89.3 cm³/mol. The van der Waals surface area contributed by atoms with Crippen LogP contribution in [0.4, 0.5) is 0 Å². The van der Waals surface area contributed by atoms with Crippen molar-refractivity contribution in [2.75, 3.05) is 6.61 Å². The van der Waals surface area contributed by atoms with Crippen LogP contribution < -0.4 is 4.74 Å². The third-order valence-electron chi connectivity index (χ3n) is 4.94. The Labute approximate surface area is 136 Å². The Morgan fingerprint density at radius 3 is 2.48 bits per heavy atom. The molecule has 0 amide bonds. The van der Waals surface area contributed by atoms with Crippen LogP contribution in [0.2, 0.25) is 0 Å². The van der Waals surface area contributed by atoms with Crippen LogP contribution in [0.25, 0.3) is 0 Å². The summed E-state index contributed by atoms with van der Waals surface area (Å²) in [4.78, 5) is 0. The minimum absolute atomic E-state index is 0.206. The molecule has 1 aliphatic carbocycles. The van der Waals surface area contributed by atoms with Gasteiger partial charge in [0.25, 0.3) is 0 Å². The fraction of sp³-hybridized carbons (Fsp3) is 0.667. The summed E-state index contributed by atoms with van der Waals surface area (Å²) in [5.41, 5.74) is 3.95. The molecule has 0 N–H and O–H groups in total. The van der Waals surface area contributed by atoms with E-state index in [-0.39, 0.29) is 11.7 Å². The number of aryl methyl sites for hydroxylation is 2. The van der Waals surface area contributed by atoms with Gasteiger partial charge >= 0.3 is 0 Å². The van der Waals surface area contributed by atoms with E-state index < -0.39 is 0 Å². The lowest BCUT2D eigenvalue weighted by Gasteiger charge is -2.24. The maximum atomic E-state index is 6.32. The van der Waals surface area contributed by atoms with Gasteiger partial charge in [0.1, 0.15) is 12.4 Å². The molecule has 0 radical (unpaired) electrons. The van der Waals surface area contributed by atoms with E-state index in [1.54, 1.807) is 0 Å². The first-order valence-corrected chi connectivity index (χ1v) is 9.21. The van der Waals surface area contributed by atoms with Crippen LogP contribution in [0.5, 0.6) is 5.75 Å². The molecule has 1 saturated heterocycles. The first-order chi connectivity index (χ1) is 10.1. The fourth-order valence-electron chi connectivity index (χ4n) is 3.92. The summed E-state index contributed by atoms with van der Waals surface area (Å²) in [6.45, 7) is 4.95. The second kappa shape index (κ2) is 6.29. The second-order valence-corrected chi connectivity index (χ2v) is 7.23. The average Bonchev–Trinajstić information content (AvgIpc) is 3.08. The molecular formula is C18H25BrO2. The number of alkyl halides is 1. The first-order valence-electron chi connectivity index (χ1n) is 8.09. The second-order valence-electron chi connectivity index (χ2n) is 6.67. The SMILES string of the molecule is Cc1cc(CBr)cc(C)c1OCC1CCC2(CCCC2)O1. The van der Waals surface area contributed by atoms with Crippen LogP contribution in [-0.2, 0) is 10.1 Å². The van der Waals surface area contributed by atoms with Gasteiger partial charge in [-0.15, -0.1) is 0 Å². The van der Waals surface area contributed by atoms with Crippen LogP contribution in [0, 0.1) is 13.8 Å². The maximum absolute atomic E-state index is 6.32. The van der Waals surface area contributed by atoms with Crippen molar-refractivity contribution < 1.29 is 9.47 Å². The van der Waals surface area contributed by atoms with Crippen LogP contribution in [0.3, 0.4) is 0 Å². The number of rotatable bonds is 4. The zero-order valence-corrected chi connectivity index (χ0v) is 14.7. The van der Waals surface area contributed by atoms with Gasteiger partial charge in [-0.25, -0.2) is 0 Å². The molecule has 0 aromatic heterocycles. The minimum atomic E-state index is 0.206. The van der Waals surface area contributed by atoms with Gasteiger partial charge in [0.2, 0.25) is 0 Å². The monoisotopic (exact) mass is 352 g/mol. The molecule has 1 spiro atoms. The smallest absolute Gasteiger partial charge is 0.125 e. The van der Waals surface area contributed by atoms with Crippen molar-refractivity contribution in [2.24, 2.45) is 0 Å². The summed E-state index contributed by atoms with van der Waals surface area (Å²) >= 11 is 3.52. The van der Waals surface area contributed by atoms with E-state index in [1.807, 2.05) is 0 Å². The van der Waals surface area contributed by atoms with Crippen molar-refractivity contribution in [3.63, 3.8) is 0 Å². The van der Waals surface area contributed by atoms with Gasteiger partial charge in [0.15, 0.2) is 0 Å². The van der Waals surface area contributed by atoms with E-state index in [4.69, 9.17) is 9.47 Å². The van der Waals surface area contributed by atoms with E-state index in [9.17, 15) is 0 Å². The average molecular weight is 353 g/mol. The molecule has 1 atom stereocenters. The Morgan fingerprint density at radius 1 is 1.19 bits per heavy atom. The topological polar surface area (TPSA) is 18.5 Å². The summed E-state index contributed by atoms with van der Waals surface area (Å²) in [6, 6.07) is 4.40. The molecule has 1 heterocycles. The summed E-state index contributed by atoms with van der Waals surface area (Å²) in [5.74, 6) is 1.04. The molecule has 1 saturated carbocycles. The number of halogens is 1. The van der Waals surface area contributed by atoms with Crippen molar-refractivity contribution in [2.45, 2.75) is 69.4 Å². The summed E-state index contributed by atoms with van der Waals surface area (Å²) in [5, 5.41) is 0.892. The van der Waals surface area contributed by atoms with Crippen LogP contribution in [-0.4, -0.2) is 18.3 Å². The van der Waals surface area contributed by atoms with Crippen LogP contribution in [0.1, 0.15) is 55.2 Å². The summed E-state index contributed by atoms with van der Waals surface area (Å²) < 4.78 is 12.4. The molecule has 2 nitrogen and oxygen atoms in total. The molecule has 1 aromatic carbocycles. The van der Waals surface area contributed by atoms with Gasteiger partial charge in [-0.1, -0.05) is 40.9 Å². The molecule has 1 unspecified atom stereocenters. The van der Waals surface area contributed by atoms with Gasteiger partial charge < -0.3 is 9.47 Å².